The van der Waals surface area contributed by atoms with Gasteiger partial charge in [0.25, 0.3) is 0 Å². The minimum atomic E-state index is 0.173. The maximum Gasteiger partial charge on any atom is 0.151 e. The Morgan fingerprint density at radius 1 is 1.26 bits per heavy atom. The van der Waals surface area contributed by atoms with Gasteiger partial charge in [-0.05, 0) is 17.9 Å². The largest absolute Gasteiger partial charge is 0.298 e. The summed E-state index contributed by atoms with van der Waals surface area (Å²) in [7, 11) is 0. The molecule has 0 aliphatic carbocycles. The summed E-state index contributed by atoms with van der Waals surface area (Å²) in [5.41, 5.74) is 1.30. The number of hydrogen-bond donors (Lipinski definition) is 0. The van der Waals surface area contributed by atoms with Gasteiger partial charge in [0.2, 0.25) is 0 Å². The van der Waals surface area contributed by atoms with E-state index >= 15 is 0 Å². The summed E-state index contributed by atoms with van der Waals surface area (Å²) in [4.78, 5) is 14.6. The molecular formula is C17H25NO. The summed E-state index contributed by atoms with van der Waals surface area (Å²) in [5.74, 6) is 0.996. The molecule has 2 rings (SSSR count). The number of Topliss-reactive ketones (excluding diaryl/α,β-unsaturated/α-hetero) is 1. The van der Waals surface area contributed by atoms with Gasteiger partial charge < -0.3 is 0 Å². The molecule has 0 spiro atoms. The van der Waals surface area contributed by atoms with Crippen LogP contribution in [0.25, 0.3) is 0 Å². The number of ketones is 1. The number of carbonyl (C=O) groups is 1. The minimum absolute atomic E-state index is 0.173. The quantitative estimate of drug-likeness (QED) is 0.696. The number of benzene rings is 1. The Hall–Kier alpha value is -1.15. The Morgan fingerprint density at radius 2 is 1.95 bits per heavy atom. The second-order valence-corrected chi connectivity index (χ2v) is 5.91. The lowest BCUT2D eigenvalue weighted by molar-refractivity contribution is -0.119. The molecule has 1 fully saturated rings. The lowest BCUT2D eigenvalue weighted by Gasteiger charge is -2.05. The molecule has 0 amide bonds. The Labute approximate surface area is 116 Å². The Bertz CT molecular complexity index is 413. The van der Waals surface area contributed by atoms with Crippen LogP contribution in [0.5, 0.6) is 0 Å². The molecule has 3 atom stereocenters. The van der Waals surface area contributed by atoms with E-state index in [2.05, 4.69) is 49.9 Å². The summed E-state index contributed by atoms with van der Waals surface area (Å²) in [5, 5.41) is 0. The smallest absolute Gasteiger partial charge is 0.151 e. The van der Waals surface area contributed by atoms with Crippen molar-refractivity contribution in [2.24, 2.45) is 5.92 Å². The monoisotopic (exact) mass is 259 g/mol. The van der Waals surface area contributed by atoms with E-state index in [9.17, 15) is 4.79 Å². The summed E-state index contributed by atoms with van der Waals surface area (Å²) >= 11 is 0. The third-order valence-corrected chi connectivity index (χ3v) is 3.97. The predicted octanol–water partition coefficient (Wildman–Crippen LogP) is 3.65. The first-order valence-electron chi connectivity index (χ1n) is 7.47. The van der Waals surface area contributed by atoms with E-state index in [1.807, 2.05) is 6.07 Å². The molecule has 1 aliphatic rings. The minimum Gasteiger partial charge on any atom is -0.298 e. The van der Waals surface area contributed by atoms with Gasteiger partial charge >= 0.3 is 0 Å². The van der Waals surface area contributed by atoms with Gasteiger partial charge in [0.15, 0.2) is 5.78 Å². The van der Waals surface area contributed by atoms with E-state index in [0.29, 0.717) is 17.7 Å². The number of unbranched alkanes of at least 4 members (excludes halogenated alkanes) is 1. The third-order valence-electron chi connectivity index (χ3n) is 3.97. The van der Waals surface area contributed by atoms with Crippen molar-refractivity contribution in [1.29, 1.82) is 0 Å². The van der Waals surface area contributed by atoms with Crippen LogP contribution in [0.1, 0.15) is 45.6 Å². The molecule has 1 aromatic rings. The van der Waals surface area contributed by atoms with Gasteiger partial charge in [-0.3, -0.25) is 9.69 Å². The first-order valence-corrected chi connectivity index (χ1v) is 7.47. The van der Waals surface area contributed by atoms with Crippen molar-refractivity contribution in [3.63, 3.8) is 0 Å². The highest BCUT2D eigenvalue weighted by Crippen LogP contribution is 2.37. The summed E-state index contributed by atoms with van der Waals surface area (Å²) < 4.78 is 0. The van der Waals surface area contributed by atoms with Gasteiger partial charge in [-0.1, -0.05) is 57.5 Å². The second kappa shape index (κ2) is 6.33. The fourth-order valence-electron chi connectivity index (χ4n) is 2.92. The molecule has 1 saturated heterocycles. The molecule has 19 heavy (non-hydrogen) atoms. The average molecular weight is 259 g/mol. The number of nitrogens with zero attached hydrogens (tertiary/aromatic N) is 1. The molecule has 0 saturated carbocycles. The molecule has 1 heterocycles. The van der Waals surface area contributed by atoms with Crippen molar-refractivity contribution >= 4 is 5.78 Å². The van der Waals surface area contributed by atoms with E-state index in [1.54, 1.807) is 0 Å². The molecule has 104 valence electrons. The highest BCUT2D eigenvalue weighted by Gasteiger charge is 2.52. The van der Waals surface area contributed by atoms with Gasteiger partial charge in [-0.2, -0.15) is 0 Å². The Balaban J connectivity index is 1.97. The van der Waals surface area contributed by atoms with Crippen molar-refractivity contribution in [2.75, 3.05) is 0 Å². The zero-order valence-corrected chi connectivity index (χ0v) is 12.3. The van der Waals surface area contributed by atoms with Crippen molar-refractivity contribution in [1.82, 2.24) is 4.90 Å². The number of carbonyl (C=O) groups excluding carboxylic acids is 1. The zero-order chi connectivity index (χ0) is 13.8. The SMILES string of the molecule is CCCCC(=O)[C@H]1[C@H](C(C)C)N1Cc1ccccc1. The normalized spacial score (nSPS) is 25.6. The van der Waals surface area contributed by atoms with Gasteiger partial charge in [-0.15, -0.1) is 0 Å². The Morgan fingerprint density at radius 3 is 2.53 bits per heavy atom. The molecule has 2 nitrogen and oxygen atoms in total. The maximum atomic E-state index is 12.2. The van der Waals surface area contributed by atoms with E-state index < -0.39 is 0 Å². The molecular weight excluding hydrogens is 234 g/mol. The lowest BCUT2D eigenvalue weighted by Crippen LogP contribution is -2.13. The van der Waals surface area contributed by atoms with Crippen LogP contribution < -0.4 is 0 Å². The van der Waals surface area contributed by atoms with E-state index in [-0.39, 0.29) is 6.04 Å². The summed E-state index contributed by atoms with van der Waals surface area (Å²) in [6.07, 6.45) is 2.87. The van der Waals surface area contributed by atoms with Crippen LogP contribution in [-0.2, 0) is 11.3 Å². The maximum absolute atomic E-state index is 12.2. The van der Waals surface area contributed by atoms with Crippen molar-refractivity contribution in [2.45, 2.75) is 58.7 Å². The summed E-state index contributed by atoms with van der Waals surface area (Å²) in [6, 6.07) is 11.1. The molecule has 0 radical (unpaired) electrons. The van der Waals surface area contributed by atoms with Crippen molar-refractivity contribution in [3.8, 4) is 0 Å². The molecule has 0 N–H and O–H groups in total. The number of hydrogen-bond acceptors (Lipinski definition) is 2. The van der Waals surface area contributed by atoms with Crippen LogP contribution in [0.3, 0.4) is 0 Å². The summed E-state index contributed by atoms with van der Waals surface area (Å²) in [6.45, 7) is 7.49. The average Bonchev–Trinajstić information content (AvgIpc) is 3.11. The second-order valence-electron chi connectivity index (χ2n) is 5.91. The third kappa shape index (κ3) is 3.44. The van der Waals surface area contributed by atoms with Crippen LogP contribution in [0, 0.1) is 5.92 Å². The van der Waals surface area contributed by atoms with Crippen LogP contribution in [0.2, 0.25) is 0 Å². The van der Waals surface area contributed by atoms with Crippen LogP contribution >= 0.6 is 0 Å². The van der Waals surface area contributed by atoms with E-state index in [0.717, 1.165) is 25.8 Å². The standard InChI is InChI=1S/C17H25NO/c1-4-5-11-15(19)17-16(13(2)3)18(17)12-14-9-7-6-8-10-14/h6-10,13,16-17H,4-5,11-12H2,1-3H3/t16-,17-,18?/m0/s1. The molecule has 2 heteroatoms. The molecule has 1 unspecified atom stereocenters. The highest BCUT2D eigenvalue weighted by molar-refractivity contribution is 5.87. The van der Waals surface area contributed by atoms with Gasteiger partial charge in [0, 0.05) is 19.0 Å². The van der Waals surface area contributed by atoms with Crippen molar-refractivity contribution in [3.05, 3.63) is 35.9 Å². The van der Waals surface area contributed by atoms with Gasteiger partial charge in [0.1, 0.15) is 0 Å². The van der Waals surface area contributed by atoms with E-state index in [4.69, 9.17) is 0 Å². The highest BCUT2D eigenvalue weighted by atomic mass is 16.1. The lowest BCUT2D eigenvalue weighted by atomic mass is 10.0. The van der Waals surface area contributed by atoms with Crippen LogP contribution in [0.15, 0.2) is 30.3 Å². The van der Waals surface area contributed by atoms with E-state index in [1.165, 1.54) is 5.56 Å². The Kier molecular flexibility index (Phi) is 4.76. The fourth-order valence-corrected chi connectivity index (χ4v) is 2.92. The molecule has 0 aromatic heterocycles. The zero-order valence-electron chi connectivity index (χ0n) is 12.3. The molecule has 1 aliphatic heterocycles. The first-order chi connectivity index (χ1) is 9.15. The topological polar surface area (TPSA) is 20.1 Å². The first kappa shape index (κ1) is 14.3. The van der Waals surface area contributed by atoms with Crippen LogP contribution in [0.4, 0.5) is 0 Å². The van der Waals surface area contributed by atoms with Crippen LogP contribution in [-0.4, -0.2) is 22.8 Å². The molecule has 1 aromatic carbocycles. The number of rotatable bonds is 7. The molecule has 0 bridgehead atoms. The van der Waals surface area contributed by atoms with Gasteiger partial charge in [-0.25, -0.2) is 0 Å². The fraction of sp³-hybridized carbons (Fsp3) is 0.588. The van der Waals surface area contributed by atoms with Crippen molar-refractivity contribution < 1.29 is 4.79 Å². The predicted molar refractivity (Wildman–Crippen MR) is 78.9 cm³/mol. The van der Waals surface area contributed by atoms with Gasteiger partial charge in [0.05, 0.1) is 6.04 Å².